The fourth-order valence-corrected chi connectivity index (χ4v) is 2.37. The van der Waals surface area contributed by atoms with E-state index in [4.69, 9.17) is 9.26 Å². The first-order valence-corrected chi connectivity index (χ1v) is 7.07. The first-order valence-electron chi connectivity index (χ1n) is 7.07. The molecule has 7 nitrogen and oxygen atoms in total. The molecule has 0 radical (unpaired) electrons. The van der Waals surface area contributed by atoms with Gasteiger partial charge in [-0.3, -0.25) is 4.90 Å². The van der Waals surface area contributed by atoms with Crippen LogP contribution in [0.15, 0.2) is 28.9 Å². The van der Waals surface area contributed by atoms with E-state index in [-0.39, 0.29) is 6.10 Å². The number of aryl methyl sites for hydroxylation is 1. The lowest BCUT2D eigenvalue weighted by Crippen LogP contribution is -2.44. The van der Waals surface area contributed by atoms with E-state index in [0.717, 1.165) is 43.5 Å². The second-order valence-corrected chi connectivity index (χ2v) is 5.15. The minimum Gasteiger partial charge on any atom is -0.374 e. The van der Waals surface area contributed by atoms with Gasteiger partial charge in [-0.05, 0) is 19.1 Å². The summed E-state index contributed by atoms with van der Waals surface area (Å²) in [5, 5.41) is 15.0. The summed E-state index contributed by atoms with van der Waals surface area (Å²) in [6.07, 6.45) is 1.79. The molecule has 21 heavy (non-hydrogen) atoms. The minimum absolute atomic E-state index is 0.129. The maximum absolute atomic E-state index is 5.77. The first-order chi connectivity index (χ1) is 10.3. The van der Waals surface area contributed by atoms with Gasteiger partial charge in [-0.2, -0.15) is 5.10 Å². The fourth-order valence-electron chi connectivity index (χ4n) is 2.37. The molecule has 3 heterocycles. The largest absolute Gasteiger partial charge is 0.374 e. The number of morpholine rings is 1. The van der Waals surface area contributed by atoms with E-state index in [1.807, 2.05) is 25.1 Å². The molecule has 1 aliphatic rings. The summed E-state index contributed by atoms with van der Waals surface area (Å²) >= 11 is 0. The van der Waals surface area contributed by atoms with Gasteiger partial charge >= 0.3 is 0 Å². The Bertz CT molecular complexity index is 560. The molecule has 1 aliphatic heterocycles. The molecule has 0 amide bonds. The smallest absolute Gasteiger partial charge is 0.150 e. The summed E-state index contributed by atoms with van der Waals surface area (Å²) in [6, 6.07) is 5.72. The zero-order valence-electron chi connectivity index (χ0n) is 12.0. The molecule has 1 fully saturated rings. The van der Waals surface area contributed by atoms with Crippen LogP contribution in [0, 0.1) is 6.92 Å². The Morgan fingerprint density at radius 3 is 3.19 bits per heavy atom. The molecular formula is C14H19N5O2. The highest BCUT2D eigenvalue weighted by atomic mass is 16.5. The van der Waals surface area contributed by atoms with Crippen LogP contribution in [0.5, 0.6) is 0 Å². The average molecular weight is 289 g/mol. The highest BCUT2D eigenvalue weighted by Crippen LogP contribution is 2.12. The van der Waals surface area contributed by atoms with Crippen molar-refractivity contribution >= 4 is 5.82 Å². The molecule has 0 saturated carbocycles. The van der Waals surface area contributed by atoms with Gasteiger partial charge in [-0.15, -0.1) is 5.10 Å². The highest BCUT2D eigenvalue weighted by molar-refractivity contribution is 5.31. The summed E-state index contributed by atoms with van der Waals surface area (Å²) in [5.74, 6) is 1.67. The van der Waals surface area contributed by atoms with Gasteiger partial charge in [0.2, 0.25) is 0 Å². The Morgan fingerprint density at radius 1 is 1.48 bits per heavy atom. The quantitative estimate of drug-likeness (QED) is 0.882. The maximum atomic E-state index is 5.77. The van der Waals surface area contributed by atoms with E-state index in [1.165, 1.54) is 0 Å². The van der Waals surface area contributed by atoms with Gasteiger partial charge in [0.1, 0.15) is 5.82 Å². The Labute approximate surface area is 123 Å². The fraction of sp³-hybridized carbons (Fsp3) is 0.500. The zero-order chi connectivity index (χ0) is 14.5. The van der Waals surface area contributed by atoms with E-state index in [0.29, 0.717) is 6.54 Å². The maximum Gasteiger partial charge on any atom is 0.150 e. The van der Waals surface area contributed by atoms with E-state index in [1.54, 1.807) is 6.20 Å². The van der Waals surface area contributed by atoms with Gasteiger partial charge in [0, 0.05) is 31.9 Å². The van der Waals surface area contributed by atoms with Crippen molar-refractivity contribution in [2.75, 3.05) is 31.6 Å². The van der Waals surface area contributed by atoms with Gasteiger partial charge in [0.05, 0.1) is 24.9 Å². The molecule has 1 saturated heterocycles. The molecule has 0 aromatic carbocycles. The molecule has 1 N–H and O–H groups in total. The molecule has 0 aliphatic carbocycles. The predicted octanol–water partition coefficient (Wildman–Crippen LogP) is 1.09. The molecule has 0 spiro atoms. The molecule has 112 valence electrons. The molecule has 0 bridgehead atoms. The number of ether oxygens (including phenoxy) is 1. The molecule has 2 aromatic heterocycles. The number of hydrogen-bond acceptors (Lipinski definition) is 7. The van der Waals surface area contributed by atoms with Crippen LogP contribution < -0.4 is 5.32 Å². The van der Waals surface area contributed by atoms with Crippen LogP contribution in [0.3, 0.4) is 0 Å². The monoisotopic (exact) mass is 289 g/mol. The minimum atomic E-state index is 0.129. The van der Waals surface area contributed by atoms with Crippen LogP contribution in [-0.2, 0) is 11.3 Å². The predicted molar refractivity (Wildman–Crippen MR) is 76.8 cm³/mol. The number of hydrogen-bond donors (Lipinski definition) is 1. The van der Waals surface area contributed by atoms with E-state index in [2.05, 4.69) is 25.6 Å². The standard InChI is InChI=1S/C14H19N5O2/c1-11-7-12(21-18-11)9-19-5-6-20-13(10-19)8-15-14-3-2-4-16-17-14/h2-4,7,13H,5-6,8-10H2,1H3,(H,15,17)/t13-/m1/s1. The van der Waals surface area contributed by atoms with Crippen molar-refractivity contribution < 1.29 is 9.26 Å². The summed E-state index contributed by atoms with van der Waals surface area (Å²) < 4.78 is 11.0. The van der Waals surface area contributed by atoms with Crippen molar-refractivity contribution in [2.45, 2.75) is 19.6 Å². The number of aromatic nitrogens is 3. The van der Waals surface area contributed by atoms with Gasteiger partial charge in [0.15, 0.2) is 5.76 Å². The lowest BCUT2D eigenvalue weighted by Gasteiger charge is -2.32. The highest BCUT2D eigenvalue weighted by Gasteiger charge is 2.21. The lowest BCUT2D eigenvalue weighted by molar-refractivity contribution is -0.0263. The van der Waals surface area contributed by atoms with Crippen LogP contribution in [0.2, 0.25) is 0 Å². The van der Waals surface area contributed by atoms with Crippen LogP contribution in [0.1, 0.15) is 11.5 Å². The molecule has 0 unspecified atom stereocenters. The first kappa shape index (κ1) is 14.0. The van der Waals surface area contributed by atoms with Crippen molar-refractivity contribution in [3.8, 4) is 0 Å². The SMILES string of the molecule is Cc1cc(CN2CCO[C@H](CNc3cccnn3)C2)on1. The van der Waals surface area contributed by atoms with Gasteiger partial charge in [-0.25, -0.2) is 0 Å². The van der Waals surface area contributed by atoms with Crippen molar-refractivity contribution in [3.63, 3.8) is 0 Å². The molecule has 7 heteroatoms. The second kappa shape index (κ2) is 6.64. The number of rotatable bonds is 5. The van der Waals surface area contributed by atoms with E-state index in [9.17, 15) is 0 Å². The van der Waals surface area contributed by atoms with E-state index >= 15 is 0 Å². The summed E-state index contributed by atoms with van der Waals surface area (Å²) in [6.45, 7) is 5.89. The second-order valence-electron chi connectivity index (χ2n) is 5.15. The van der Waals surface area contributed by atoms with E-state index < -0.39 is 0 Å². The third kappa shape index (κ3) is 3.99. The van der Waals surface area contributed by atoms with Crippen LogP contribution in [0.25, 0.3) is 0 Å². The van der Waals surface area contributed by atoms with Crippen molar-refractivity contribution in [1.29, 1.82) is 0 Å². The van der Waals surface area contributed by atoms with Crippen LogP contribution in [-0.4, -0.2) is 52.6 Å². The average Bonchev–Trinajstić information content (AvgIpc) is 2.92. The van der Waals surface area contributed by atoms with Crippen molar-refractivity contribution in [3.05, 3.63) is 35.9 Å². The van der Waals surface area contributed by atoms with Crippen LogP contribution in [0.4, 0.5) is 5.82 Å². The van der Waals surface area contributed by atoms with Crippen LogP contribution >= 0.6 is 0 Å². The number of anilines is 1. The molecule has 1 atom stereocenters. The molecule has 2 aromatic rings. The topological polar surface area (TPSA) is 76.3 Å². The normalized spacial score (nSPS) is 19.6. The Kier molecular flexibility index (Phi) is 4.42. The lowest BCUT2D eigenvalue weighted by atomic mass is 10.2. The van der Waals surface area contributed by atoms with Gasteiger partial charge < -0.3 is 14.6 Å². The Morgan fingerprint density at radius 2 is 2.43 bits per heavy atom. The van der Waals surface area contributed by atoms with Gasteiger partial charge in [-0.1, -0.05) is 5.16 Å². The third-order valence-electron chi connectivity index (χ3n) is 3.36. The van der Waals surface area contributed by atoms with Gasteiger partial charge in [0.25, 0.3) is 0 Å². The summed E-state index contributed by atoms with van der Waals surface area (Å²) in [5.41, 5.74) is 0.916. The Hall–Kier alpha value is -1.99. The molecular weight excluding hydrogens is 270 g/mol. The third-order valence-corrected chi connectivity index (χ3v) is 3.36. The molecule has 3 rings (SSSR count). The van der Waals surface area contributed by atoms with Crippen molar-refractivity contribution in [1.82, 2.24) is 20.3 Å². The summed E-state index contributed by atoms with van der Waals surface area (Å²) in [7, 11) is 0. The zero-order valence-corrected chi connectivity index (χ0v) is 12.0. The summed E-state index contributed by atoms with van der Waals surface area (Å²) in [4.78, 5) is 2.31. The van der Waals surface area contributed by atoms with Crippen molar-refractivity contribution in [2.24, 2.45) is 0 Å². The number of nitrogens with one attached hydrogen (secondary N) is 1. The number of nitrogens with zero attached hydrogens (tertiary/aromatic N) is 4. The Balaban J connectivity index is 1.49.